The third-order valence-electron chi connectivity index (χ3n) is 6.11. The standard InChI is InChI=1S/C29H29O3PS/c1-24-18-20-28(21-19-24)34(30,31)32-33-23-11-22-29(25-12-5-2-6-13-25,26-14-7-3-8-15-26)27-16-9-4-10-17-27/h2-10,12-21,33H,11,22-23H2,1H3. The average Bonchev–Trinajstić information content (AvgIpc) is 2.88. The summed E-state index contributed by atoms with van der Waals surface area (Å²) >= 11 is 0. The Labute approximate surface area is 204 Å². The SMILES string of the molecule is Cc1ccc(S(=O)(=O)OPCCCC(c2ccccc2)(c2ccccc2)c2ccccc2)cc1. The molecule has 1 unspecified atom stereocenters. The highest BCUT2D eigenvalue weighted by molar-refractivity contribution is 7.89. The van der Waals surface area contributed by atoms with E-state index in [9.17, 15) is 8.42 Å². The minimum atomic E-state index is -3.74. The van der Waals surface area contributed by atoms with Crippen LogP contribution < -0.4 is 0 Å². The molecular weight excluding hydrogens is 459 g/mol. The van der Waals surface area contributed by atoms with Crippen LogP contribution in [0, 0.1) is 6.92 Å². The van der Waals surface area contributed by atoms with Crippen molar-refractivity contribution in [3.63, 3.8) is 0 Å². The Morgan fingerprint density at radius 2 is 1.12 bits per heavy atom. The average molecular weight is 489 g/mol. The summed E-state index contributed by atoms with van der Waals surface area (Å²) < 4.78 is 30.5. The molecule has 0 radical (unpaired) electrons. The Morgan fingerprint density at radius 3 is 1.56 bits per heavy atom. The summed E-state index contributed by atoms with van der Waals surface area (Å²) in [7, 11) is -3.86. The number of benzene rings is 4. The molecule has 34 heavy (non-hydrogen) atoms. The fraction of sp³-hybridized carbons (Fsp3) is 0.172. The second kappa shape index (κ2) is 11.1. The van der Waals surface area contributed by atoms with Gasteiger partial charge in [-0.25, -0.2) is 3.97 Å². The molecule has 0 saturated carbocycles. The molecule has 0 aliphatic rings. The van der Waals surface area contributed by atoms with Crippen LogP contribution in [0.3, 0.4) is 0 Å². The van der Waals surface area contributed by atoms with E-state index in [2.05, 4.69) is 72.8 Å². The second-order valence-corrected chi connectivity index (χ2v) is 11.2. The van der Waals surface area contributed by atoms with Crippen LogP contribution in [-0.2, 0) is 19.5 Å². The van der Waals surface area contributed by atoms with E-state index in [1.165, 1.54) is 16.7 Å². The normalized spacial score (nSPS) is 12.3. The van der Waals surface area contributed by atoms with Crippen LogP contribution in [-0.4, -0.2) is 14.6 Å². The first-order chi connectivity index (χ1) is 16.5. The van der Waals surface area contributed by atoms with Gasteiger partial charge in [-0.2, -0.15) is 8.42 Å². The van der Waals surface area contributed by atoms with Crippen LogP contribution >= 0.6 is 8.81 Å². The Bertz CT molecular complexity index is 1180. The molecule has 4 aromatic rings. The van der Waals surface area contributed by atoms with Crippen molar-refractivity contribution in [1.82, 2.24) is 0 Å². The summed E-state index contributed by atoms with van der Waals surface area (Å²) in [5.41, 5.74) is 4.36. The lowest BCUT2D eigenvalue weighted by molar-refractivity contribution is 0.509. The number of rotatable bonds is 10. The first-order valence-electron chi connectivity index (χ1n) is 11.4. The summed E-state index contributed by atoms with van der Waals surface area (Å²) in [4.78, 5) is 0.206. The maximum absolute atomic E-state index is 12.6. The summed E-state index contributed by atoms with van der Waals surface area (Å²) in [6, 6.07) is 38.4. The third kappa shape index (κ3) is 5.47. The lowest BCUT2D eigenvalue weighted by atomic mass is 9.67. The highest BCUT2D eigenvalue weighted by atomic mass is 32.2. The maximum atomic E-state index is 12.6. The van der Waals surface area contributed by atoms with Gasteiger partial charge in [0, 0.05) is 14.2 Å². The molecule has 3 nitrogen and oxygen atoms in total. The molecule has 0 aliphatic heterocycles. The van der Waals surface area contributed by atoms with Crippen molar-refractivity contribution < 1.29 is 12.4 Å². The molecule has 0 aliphatic carbocycles. The number of hydrogen-bond donors (Lipinski definition) is 0. The molecule has 174 valence electrons. The van der Waals surface area contributed by atoms with E-state index in [-0.39, 0.29) is 19.1 Å². The van der Waals surface area contributed by atoms with Gasteiger partial charge in [-0.05, 0) is 54.8 Å². The first kappa shape index (κ1) is 24.3. The Kier molecular flexibility index (Phi) is 7.95. The summed E-state index contributed by atoms with van der Waals surface area (Å²) in [6.07, 6.45) is 2.33. The predicted molar refractivity (Wildman–Crippen MR) is 141 cm³/mol. The van der Waals surface area contributed by atoms with Crippen LogP contribution in [0.25, 0.3) is 0 Å². The van der Waals surface area contributed by atoms with Crippen molar-refractivity contribution in [2.24, 2.45) is 0 Å². The Morgan fingerprint density at radius 1 is 0.676 bits per heavy atom. The zero-order valence-corrected chi connectivity index (χ0v) is 21.0. The molecule has 0 spiro atoms. The van der Waals surface area contributed by atoms with E-state index in [0.717, 1.165) is 18.4 Å². The van der Waals surface area contributed by atoms with Crippen LogP contribution in [0.1, 0.15) is 35.1 Å². The van der Waals surface area contributed by atoms with Crippen LogP contribution in [0.2, 0.25) is 0 Å². The second-order valence-electron chi connectivity index (χ2n) is 8.35. The fourth-order valence-electron chi connectivity index (χ4n) is 4.40. The highest BCUT2D eigenvalue weighted by Crippen LogP contribution is 2.43. The van der Waals surface area contributed by atoms with Crippen molar-refractivity contribution in [3.05, 3.63) is 138 Å². The smallest absolute Gasteiger partial charge is 0.247 e. The van der Waals surface area contributed by atoms with E-state index in [0.29, 0.717) is 6.16 Å². The molecule has 4 aromatic carbocycles. The third-order valence-corrected chi connectivity index (χ3v) is 8.86. The Balaban J connectivity index is 1.56. The van der Waals surface area contributed by atoms with Gasteiger partial charge in [0.05, 0.1) is 4.90 Å². The highest BCUT2D eigenvalue weighted by Gasteiger charge is 2.35. The Hall–Kier alpha value is -2.78. The van der Waals surface area contributed by atoms with Crippen molar-refractivity contribution in [1.29, 1.82) is 0 Å². The van der Waals surface area contributed by atoms with Gasteiger partial charge in [0.25, 0.3) is 10.1 Å². The van der Waals surface area contributed by atoms with E-state index in [4.69, 9.17) is 3.97 Å². The lowest BCUT2D eigenvalue weighted by Crippen LogP contribution is -2.29. The zero-order chi connectivity index (χ0) is 23.9. The largest absolute Gasteiger partial charge is 0.299 e. The summed E-state index contributed by atoms with van der Waals surface area (Å²) in [5.74, 6) is 0. The van der Waals surface area contributed by atoms with Crippen molar-refractivity contribution in [2.45, 2.75) is 30.1 Å². The number of aryl methyl sites for hydroxylation is 1. The molecule has 0 N–H and O–H groups in total. The van der Waals surface area contributed by atoms with Gasteiger partial charge in [0.2, 0.25) is 0 Å². The van der Waals surface area contributed by atoms with Crippen molar-refractivity contribution in [3.8, 4) is 0 Å². The van der Waals surface area contributed by atoms with Crippen LogP contribution in [0.5, 0.6) is 0 Å². The monoisotopic (exact) mass is 488 g/mol. The van der Waals surface area contributed by atoms with E-state index in [1.807, 2.05) is 25.1 Å². The van der Waals surface area contributed by atoms with E-state index < -0.39 is 10.1 Å². The molecule has 0 amide bonds. The zero-order valence-electron chi connectivity index (χ0n) is 19.2. The van der Waals surface area contributed by atoms with Crippen LogP contribution in [0.15, 0.2) is 120 Å². The molecule has 0 saturated heterocycles. The van der Waals surface area contributed by atoms with Gasteiger partial charge in [0.1, 0.15) is 0 Å². The number of hydrogen-bond acceptors (Lipinski definition) is 3. The molecule has 0 bridgehead atoms. The molecule has 5 heteroatoms. The maximum Gasteiger partial charge on any atom is 0.299 e. The van der Waals surface area contributed by atoms with Gasteiger partial charge in [-0.1, -0.05) is 109 Å². The molecule has 0 fully saturated rings. The quantitative estimate of drug-likeness (QED) is 0.136. The van der Waals surface area contributed by atoms with Crippen LogP contribution in [0.4, 0.5) is 0 Å². The molecule has 4 rings (SSSR count). The first-order valence-corrected chi connectivity index (χ1v) is 13.9. The van der Waals surface area contributed by atoms with Gasteiger partial charge < -0.3 is 0 Å². The summed E-state index contributed by atoms with van der Waals surface area (Å²) in [6.45, 7) is 1.93. The fourth-order valence-corrected chi connectivity index (χ4v) is 6.53. The summed E-state index contributed by atoms with van der Waals surface area (Å²) in [5, 5.41) is 0. The molecular formula is C29H29O3PS. The molecule has 1 atom stereocenters. The van der Waals surface area contributed by atoms with Gasteiger partial charge in [-0.15, -0.1) is 0 Å². The van der Waals surface area contributed by atoms with Gasteiger partial charge >= 0.3 is 0 Å². The lowest BCUT2D eigenvalue weighted by Gasteiger charge is -2.36. The molecule has 0 aromatic heterocycles. The topological polar surface area (TPSA) is 43.4 Å². The minimum Gasteiger partial charge on any atom is -0.247 e. The van der Waals surface area contributed by atoms with Crippen molar-refractivity contribution >= 4 is 18.9 Å². The predicted octanol–water partition coefficient (Wildman–Crippen LogP) is 7.11. The molecule has 0 heterocycles. The van der Waals surface area contributed by atoms with Gasteiger partial charge in [-0.3, -0.25) is 0 Å². The van der Waals surface area contributed by atoms with Crippen molar-refractivity contribution in [2.75, 3.05) is 6.16 Å². The van der Waals surface area contributed by atoms with E-state index in [1.54, 1.807) is 24.3 Å². The van der Waals surface area contributed by atoms with Gasteiger partial charge in [0.15, 0.2) is 0 Å². The minimum absolute atomic E-state index is 0.123. The van der Waals surface area contributed by atoms with E-state index >= 15 is 0 Å².